The Hall–Kier alpha value is -1.14. The summed E-state index contributed by atoms with van der Waals surface area (Å²) < 4.78 is 0. The van der Waals surface area contributed by atoms with Crippen LogP contribution >= 0.6 is 11.3 Å². The molecule has 2 aliphatic rings. The van der Waals surface area contributed by atoms with Crippen molar-refractivity contribution in [1.82, 2.24) is 14.8 Å². The summed E-state index contributed by atoms with van der Waals surface area (Å²) in [5.41, 5.74) is 5.66. The third-order valence-corrected chi connectivity index (χ3v) is 5.40. The van der Waals surface area contributed by atoms with Gasteiger partial charge in [0.1, 0.15) is 0 Å². The zero-order valence-corrected chi connectivity index (χ0v) is 13.3. The summed E-state index contributed by atoms with van der Waals surface area (Å²) in [5, 5.41) is 0.635. The molecule has 0 bridgehead atoms. The summed E-state index contributed by atoms with van der Waals surface area (Å²) in [6.45, 7) is 4.54. The first kappa shape index (κ1) is 14.8. The van der Waals surface area contributed by atoms with Gasteiger partial charge in [-0.1, -0.05) is 19.3 Å². The molecule has 1 aromatic heterocycles. The monoisotopic (exact) mass is 308 g/mol. The second kappa shape index (κ2) is 6.75. The topological polar surface area (TPSA) is 62.5 Å². The van der Waals surface area contributed by atoms with Crippen LogP contribution in [0.4, 0.5) is 5.13 Å². The molecule has 2 fully saturated rings. The molecule has 0 aromatic carbocycles. The Kier molecular flexibility index (Phi) is 4.75. The van der Waals surface area contributed by atoms with E-state index in [0.29, 0.717) is 17.0 Å². The maximum absolute atomic E-state index is 12.5. The predicted octanol–water partition coefficient (Wildman–Crippen LogP) is 1.95. The molecular weight excluding hydrogens is 284 g/mol. The molecule has 1 saturated carbocycles. The SMILES string of the molecule is Nc1ncc(CN2CCN(C(=O)C3CCCCC3)CC2)s1. The van der Waals surface area contributed by atoms with Crippen LogP contribution in [0.3, 0.4) is 0 Å². The Morgan fingerprint density at radius 2 is 1.95 bits per heavy atom. The number of carbonyl (C=O) groups excluding carboxylic acids is 1. The standard InChI is InChI=1S/C15H24N4OS/c16-15-17-10-13(21-15)11-18-6-8-19(9-7-18)14(20)12-4-2-1-3-5-12/h10,12H,1-9,11H2,(H2,16,17). The Morgan fingerprint density at radius 1 is 1.24 bits per heavy atom. The summed E-state index contributed by atoms with van der Waals surface area (Å²) in [6.07, 6.45) is 7.81. The Labute approximate surface area is 130 Å². The molecule has 0 radical (unpaired) electrons. The summed E-state index contributed by atoms with van der Waals surface area (Å²) in [7, 11) is 0. The third kappa shape index (κ3) is 3.74. The van der Waals surface area contributed by atoms with Gasteiger partial charge in [-0.3, -0.25) is 9.69 Å². The number of piperazine rings is 1. The van der Waals surface area contributed by atoms with E-state index >= 15 is 0 Å². The number of amides is 1. The van der Waals surface area contributed by atoms with Crippen molar-refractivity contribution in [2.75, 3.05) is 31.9 Å². The van der Waals surface area contributed by atoms with Crippen LogP contribution in [0, 0.1) is 5.92 Å². The normalized spacial score (nSPS) is 21.6. The lowest BCUT2D eigenvalue weighted by Gasteiger charge is -2.37. The molecule has 1 aliphatic carbocycles. The molecule has 1 amide bonds. The van der Waals surface area contributed by atoms with E-state index in [4.69, 9.17) is 5.73 Å². The van der Waals surface area contributed by atoms with Crippen molar-refractivity contribution < 1.29 is 4.79 Å². The highest BCUT2D eigenvalue weighted by molar-refractivity contribution is 7.15. The number of rotatable bonds is 3. The zero-order chi connectivity index (χ0) is 14.7. The minimum Gasteiger partial charge on any atom is -0.375 e. The van der Waals surface area contributed by atoms with E-state index in [9.17, 15) is 4.79 Å². The van der Waals surface area contributed by atoms with E-state index in [-0.39, 0.29) is 0 Å². The quantitative estimate of drug-likeness (QED) is 0.927. The van der Waals surface area contributed by atoms with Gasteiger partial charge >= 0.3 is 0 Å². The van der Waals surface area contributed by atoms with Crippen LogP contribution in [0.2, 0.25) is 0 Å². The lowest BCUT2D eigenvalue weighted by molar-refractivity contribution is -0.138. The van der Waals surface area contributed by atoms with Gasteiger partial charge in [0.15, 0.2) is 5.13 Å². The van der Waals surface area contributed by atoms with Gasteiger partial charge in [-0.15, -0.1) is 11.3 Å². The minimum atomic E-state index is 0.298. The van der Waals surface area contributed by atoms with Crippen molar-refractivity contribution >= 4 is 22.4 Å². The lowest BCUT2D eigenvalue weighted by Crippen LogP contribution is -2.50. The fourth-order valence-electron chi connectivity index (χ4n) is 3.35. The van der Waals surface area contributed by atoms with E-state index in [1.54, 1.807) is 11.3 Å². The van der Waals surface area contributed by atoms with Crippen molar-refractivity contribution in [3.8, 4) is 0 Å². The number of hydrogen-bond acceptors (Lipinski definition) is 5. The number of nitrogens with two attached hydrogens (primary N) is 1. The van der Waals surface area contributed by atoms with Crippen LogP contribution in [0.5, 0.6) is 0 Å². The Morgan fingerprint density at radius 3 is 2.57 bits per heavy atom. The lowest BCUT2D eigenvalue weighted by atomic mass is 9.88. The molecule has 6 heteroatoms. The van der Waals surface area contributed by atoms with Crippen molar-refractivity contribution in [3.63, 3.8) is 0 Å². The molecular formula is C15H24N4OS. The first-order chi connectivity index (χ1) is 10.2. The average Bonchev–Trinajstić information content (AvgIpc) is 2.93. The molecule has 1 saturated heterocycles. The summed E-state index contributed by atoms with van der Waals surface area (Å²) in [5.74, 6) is 0.697. The second-order valence-corrected chi connectivity index (χ2v) is 7.25. The van der Waals surface area contributed by atoms with Crippen molar-refractivity contribution in [2.45, 2.75) is 38.6 Å². The minimum absolute atomic E-state index is 0.298. The third-order valence-electron chi connectivity index (χ3n) is 4.59. The van der Waals surface area contributed by atoms with E-state index in [1.807, 2.05) is 6.20 Å². The highest BCUT2D eigenvalue weighted by atomic mass is 32.1. The smallest absolute Gasteiger partial charge is 0.225 e. The van der Waals surface area contributed by atoms with Gasteiger partial charge in [0, 0.05) is 49.7 Å². The van der Waals surface area contributed by atoms with Crippen molar-refractivity contribution in [2.24, 2.45) is 5.92 Å². The first-order valence-corrected chi connectivity index (χ1v) is 8.75. The molecule has 116 valence electrons. The molecule has 1 aliphatic heterocycles. The van der Waals surface area contributed by atoms with E-state index in [1.165, 1.54) is 24.1 Å². The molecule has 1 aromatic rings. The fraction of sp³-hybridized carbons (Fsp3) is 0.733. The molecule has 5 nitrogen and oxygen atoms in total. The number of thiazole rings is 1. The number of anilines is 1. The van der Waals surface area contributed by atoms with Gasteiger partial charge in [0.05, 0.1) is 0 Å². The number of aromatic nitrogens is 1. The highest BCUT2D eigenvalue weighted by Gasteiger charge is 2.28. The van der Waals surface area contributed by atoms with Crippen LogP contribution in [-0.4, -0.2) is 46.9 Å². The van der Waals surface area contributed by atoms with Gasteiger partial charge in [0.2, 0.25) is 5.91 Å². The molecule has 21 heavy (non-hydrogen) atoms. The Bertz CT molecular complexity index is 476. The number of carbonyl (C=O) groups is 1. The van der Waals surface area contributed by atoms with Crippen molar-refractivity contribution in [3.05, 3.63) is 11.1 Å². The van der Waals surface area contributed by atoms with E-state index in [2.05, 4.69) is 14.8 Å². The first-order valence-electron chi connectivity index (χ1n) is 7.93. The molecule has 0 atom stereocenters. The van der Waals surface area contributed by atoms with Crippen LogP contribution in [-0.2, 0) is 11.3 Å². The largest absolute Gasteiger partial charge is 0.375 e. The maximum Gasteiger partial charge on any atom is 0.225 e. The second-order valence-electron chi connectivity index (χ2n) is 6.10. The van der Waals surface area contributed by atoms with Gasteiger partial charge < -0.3 is 10.6 Å². The molecule has 0 spiro atoms. The number of nitrogens with zero attached hydrogens (tertiary/aromatic N) is 3. The molecule has 2 heterocycles. The molecule has 0 unspecified atom stereocenters. The van der Waals surface area contributed by atoms with Gasteiger partial charge in [-0.25, -0.2) is 4.98 Å². The highest BCUT2D eigenvalue weighted by Crippen LogP contribution is 2.26. The van der Waals surface area contributed by atoms with Crippen LogP contribution < -0.4 is 5.73 Å². The van der Waals surface area contributed by atoms with E-state index < -0.39 is 0 Å². The Balaban J connectivity index is 1.47. The predicted molar refractivity (Wildman–Crippen MR) is 85.0 cm³/mol. The number of hydrogen-bond donors (Lipinski definition) is 1. The zero-order valence-electron chi connectivity index (χ0n) is 12.5. The summed E-state index contributed by atoms with van der Waals surface area (Å²) in [4.78, 5) is 22.3. The van der Waals surface area contributed by atoms with Gasteiger partial charge in [-0.2, -0.15) is 0 Å². The van der Waals surface area contributed by atoms with Crippen LogP contribution in [0.25, 0.3) is 0 Å². The maximum atomic E-state index is 12.5. The van der Waals surface area contributed by atoms with Gasteiger partial charge in [0.25, 0.3) is 0 Å². The van der Waals surface area contributed by atoms with Crippen LogP contribution in [0.1, 0.15) is 37.0 Å². The van der Waals surface area contributed by atoms with Gasteiger partial charge in [-0.05, 0) is 12.8 Å². The fourth-order valence-corrected chi connectivity index (χ4v) is 4.08. The summed E-state index contributed by atoms with van der Waals surface area (Å²) in [6, 6.07) is 0. The van der Waals surface area contributed by atoms with Crippen LogP contribution in [0.15, 0.2) is 6.20 Å². The average molecular weight is 308 g/mol. The number of nitrogen functional groups attached to an aromatic ring is 1. The molecule has 2 N–H and O–H groups in total. The molecule has 3 rings (SSSR count). The van der Waals surface area contributed by atoms with Crippen molar-refractivity contribution in [1.29, 1.82) is 0 Å². The van der Waals surface area contributed by atoms with E-state index in [0.717, 1.165) is 45.6 Å². The summed E-state index contributed by atoms with van der Waals surface area (Å²) >= 11 is 1.56.